The van der Waals surface area contributed by atoms with E-state index in [1.54, 1.807) is 45.2 Å². The maximum Gasteiger partial charge on any atom is 0.248 e. The maximum absolute atomic E-state index is 5.93. The number of thioether (sulfide) groups is 1. The molecule has 1 fully saturated rings. The number of aryl methyl sites for hydroxylation is 1. The second kappa shape index (κ2) is 9.21. The Morgan fingerprint density at radius 1 is 1.03 bits per heavy atom. The van der Waals surface area contributed by atoms with Crippen LogP contribution in [0.3, 0.4) is 0 Å². The molecule has 1 aromatic carbocycles. The average molecular weight is 445 g/mol. The summed E-state index contributed by atoms with van der Waals surface area (Å²) in [5.41, 5.74) is 3.04. The summed E-state index contributed by atoms with van der Waals surface area (Å²) >= 11 is 1.64. The lowest BCUT2D eigenvalue weighted by Crippen LogP contribution is -2.08. The van der Waals surface area contributed by atoms with Crippen molar-refractivity contribution in [2.45, 2.75) is 56.5 Å². The first-order valence-electron chi connectivity index (χ1n) is 10.4. The Labute approximate surface area is 186 Å². The van der Waals surface area contributed by atoms with E-state index in [0.29, 0.717) is 46.4 Å². The van der Waals surface area contributed by atoms with Crippen LogP contribution in [0.5, 0.6) is 17.2 Å². The molecule has 166 valence electrons. The summed E-state index contributed by atoms with van der Waals surface area (Å²) in [5.74, 6) is 3.10. The van der Waals surface area contributed by atoms with Crippen LogP contribution in [0.4, 0.5) is 0 Å². The Morgan fingerprint density at radius 3 is 2.32 bits per heavy atom. The molecule has 9 heteroatoms. The summed E-state index contributed by atoms with van der Waals surface area (Å²) in [6.07, 6.45) is 5.01. The van der Waals surface area contributed by atoms with Crippen LogP contribution < -0.4 is 14.2 Å². The van der Waals surface area contributed by atoms with Crippen molar-refractivity contribution < 1.29 is 18.6 Å². The zero-order valence-electron chi connectivity index (χ0n) is 18.6. The highest BCUT2D eigenvalue weighted by Gasteiger charge is 2.24. The van der Waals surface area contributed by atoms with Crippen LogP contribution in [0.1, 0.15) is 49.0 Å². The second-order valence-electron chi connectivity index (χ2n) is 7.58. The smallest absolute Gasteiger partial charge is 0.248 e. The van der Waals surface area contributed by atoms with Gasteiger partial charge in [0.05, 0.1) is 32.8 Å². The molecule has 1 aliphatic carbocycles. The number of aromatic nitrogens is 4. The molecule has 0 atom stereocenters. The minimum Gasteiger partial charge on any atom is -0.493 e. The Kier molecular flexibility index (Phi) is 6.41. The van der Waals surface area contributed by atoms with Gasteiger partial charge in [0.15, 0.2) is 16.7 Å². The number of hydrogen-bond acceptors (Lipinski definition) is 8. The lowest BCUT2D eigenvalue weighted by molar-refractivity contribution is 0.324. The molecule has 0 amide bonds. The summed E-state index contributed by atoms with van der Waals surface area (Å²) < 4.78 is 24.5. The summed E-state index contributed by atoms with van der Waals surface area (Å²) in [5, 5.41) is 9.47. The molecule has 3 aromatic rings. The predicted octanol–water partition coefficient (Wildman–Crippen LogP) is 4.98. The van der Waals surface area contributed by atoms with Gasteiger partial charge >= 0.3 is 0 Å². The quantitative estimate of drug-likeness (QED) is 0.450. The van der Waals surface area contributed by atoms with Crippen LogP contribution in [0, 0.1) is 13.8 Å². The van der Waals surface area contributed by atoms with E-state index < -0.39 is 0 Å². The molecule has 0 radical (unpaired) electrons. The third-order valence-electron chi connectivity index (χ3n) is 5.75. The van der Waals surface area contributed by atoms with E-state index in [4.69, 9.17) is 23.6 Å². The highest BCUT2D eigenvalue weighted by Crippen LogP contribution is 2.41. The molecule has 31 heavy (non-hydrogen) atoms. The largest absolute Gasteiger partial charge is 0.493 e. The van der Waals surface area contributed by atoms with Crippen molar-refractivity contribution in [1.82, 2.24) is 19.7 Å². The lowest BCUT2D eigenvalue weighted by atomic mass is 10.2. The van der Waals surface area contributed by atoms with Gasteiger partial charge in [-0.25, -0.2) is 4.98 Å². The third-order valence-corrected chi connectivity index (χ3v) is 6.68. The molecule has 0 spiro atoms. The van der Waals surface area contributed by atoms with Crippen LogP contribution in [0.25, 0.3) is 11.5 Å². The van der Waals surface area contributed by atoms with Crippen molar-refractivity contribution in [3.05, 3.63) is 29.4 Å². The van der Waals surface area contributed by atoms with Gasteiger partial charge in [-0.2, -0.15) is 0 Å². The Morgan fingerprint density at radius 2 is 1.71 bits per heavy atom. The number of rotatable bonds is 8. The molecule has 1 saturated carbocycles. The van der Waals surface area contributed by atoms with Gasteiger partial charge in [-0.1, -0.05) is 24.6 Å². The molecule has 1 aliphatic rings. The predicted molar refractivity (Wildman–Crippen MR) is 118 cm³/mol. The molecule has 8 nitrogen and oxygen atoms in total. The van der Waals surface area contributed by atoms with E-state index in [2.05, 4.69) is 28.6 Å². The van der Waals surface area contributed by atoms with E-state index in [1.807, 2.05) is 0 Å². The monoisotopic (exact) mass is 444 g/mol. The Balaban J connectivity index is 1.54. The number of benzene rings is 1. The fraction of sp³-hybridized carbons (Fsp3) is 0.500. The molecule has 4 rings (SSSR count). The van der Waals surface area contributed by atoms with Crippen LogP contribution in [-0.2, 0) is 5.75 Å². The van der Waals surface area contributed by atoms with Gasteiger partial charge in [0.1, 0.15) is 0 Å². The van der Waals surface area contributed by atoms with Crippen molar-refractivity contribution >= 4 is 11.8 Å². The van der Waals surface area contributed by atoms with Crippen LogP contribution in [0.15, 0.2) is 21.7 Å². The van der Waals surface area contributed by atoms with Gasteiger partial charge < -0.3 is 23.2 Å². The van der Waals surface area contributed by atoms with Gasteiger partial charge in [-0.15, -0.1) is 10.2 Å². The molecule has 2 heterocycles. The van der Waals surface area contributed by atoms with Crippen molar-refractivity contribution in [1.29, 1.82) is 0 Å². The Hall–Kier alpha value is -2.68. The van der Waals surface area contributed by atoms with E-state index in [9.17, 15) is 0 Å². The summed E-state index contributed by atoms with van der Waals surface area (Å²) in [4.78, 5) is 4.79. The maximum atomic E-state index is 5.93. The van der Waals surface area contributed by atoms with Crippen LogP contribution >= 0.6 is 11.8 Å². The fourth-order valence-electron chi connectivity index (χ4n) is 4.05. The van der Waals surface area contributed by atoms with Crippen molar-refractivity contribution in [3.63, 3.8) is 0 Å². The standard InChI is InChI=1S/C22H28N4O4S/c1-13-14(2)26(16-8-6-7-9-16)22(23-13)31-12-19-24-25-21(30-19)15-10-17(27-3)20(29-5)18(11-15)28-4/h10-11,16H,6-9,12H2,1-5H3. The molecule has 2 aromatic heterocycles. The molecule has 0 bridgehead atoms. The average Bonchev–Trinajstić information content (AvgIpc) is 3.53. The molecule has 0 unspecified atom stereocenters. The van der Waals surface area contributed by atoms with Gasteiger partial charge in [0, 0.05) is 17.3 Å². The minimum atomic E-state index is 0.404. The first-order valence-corrected chi connectivity index (χ1v) is 11.3. The van der Waals surface area contributed by atoms with Crippen LogP contribution in [-0.4, -0.2) is 41.1 Å². The van der Waals surface area contributed by atoms with Crippen molar-refractivity contribution in [3.8, 4) is 28.7 Å². The second-order valence-corrected chi connectivity index (χ2v) is 8.52. The molecule has 0 N–H and O–H groups in total. The molecule has 0 saturated heterocycles. The van der Waals surface area contributed by atoms with E-state index in [-0.39, 0.29) is 0 Å². The lowest BCUT2D eigenvalue weighted by Gasteiger charge is -2.16. The van der Waals surface area contributed by atoms with Gasteiger partial charge in [-0.05, 0) is 38.8 Å². The zero-order valence-corrected chi connectivity index (χ0v) is 19.4. The van der Waals surface area contributed by atoms with E-state index in [0.717, 1.165) is 10.9 Å². The number of ether oxygens (including phenoxy) is 3. The first kappa shape index (κ1) is 21.5. The number of imidazole rings is 1. The highest BCUT2D eigenvalue weighted by molar-refractivity contribution is 7.98. The van der Waals surface area contributed by atoms with Gasteiger partial charge in [0.25, 0.3) is 0 Å². The molecular formula is C22H28N4O4S. The van der Waals surface area contributed by atoms with E-state index >= 15 is 0 Å². The van der Waals surface area contributed by atoms with Gasteiger partial charge in [-0.3, -0.25) is 0 Å². The summed E-state index contributed by atoms with van der Waals surface area (Å²) in [6.45, 7) is 4.22. The van der Waals surface area contributed by atoms with Crippen molar-refractivity contribution in [2.24, 2.45) is 0 Å². The summed E-state index contributed by atoms with van der Waals surface area (Å²) in [7, 11) is 4.72. The number of methoxy groups -OCH3 is 3. The molecule has 0 aliphatic heterocycles. The highest BCUT2D eigenvalue weighted by atomic mass is 32.2. The normalized spacial score (nSPS) is 14.2. The SMILES string of the molecule is COc1cc(-c2nnc(CSc3nc(C)c(C)n3C3CCCC3)o2)cc(OC)c1OC. The fourth-order valence-corrected chi connectivity index (χ4v) is 5.05. The first-order chi connectivity index (χ1) is 15.0. The van der Waals surface area contributed by atoms with Crippen LogP contribution in [0.2, 0.25) is 0 Å². The Bertz CT molecular complexity index is 1030. The van der Waals surface area contributed by atoms with Gasteiger partial charge in [0.2, 0.25) is 17.5 Å². The molecular weight excluding hydrogens is 416 g/mol. The minimum absolute atomic E-state index is 0.404. The zero-order chi connectivity index (χ0) is 22.0. The topological polar surface area (TPSA) is 84.4 Å². The summed E-state index contributed by atoms with van der Waals surface area (Å²) in [6, 6.07) is 4.14. The van der Waals surface area contributed by atoms with Crippen molar-refractivity contribution in [2.75, 3.05) is 21.3 Å². The number of hydrogen-bond donors (Lipinski definition) is 0. The van der Waals surface area contributed by atoms with E-state index in [1.165, 1.54) is 31.4 Å². The number of nitrogens with zero attached hydrogens (tertiary/aromatic N) is 4. The third kappa shape index (κ3) is 4.23.